The summed E-state index contributed by atoms with van der Waals surface area (Å²) >= 11 is 1.76. The van der Waals surface area contributed by atoms with Crippen LogP contribution in [-0.2, 0) is 13.0 Å². The van der Waals surface area contributed by atoms with Crippen LogP contribution >= 0.6 is 36.2 Å². The van der Waals surface area contributed by atoms with Crippen molar-refractivity contribution in [2.45, 2.75) is 25.8 Å². The van der Waals surface area contributed by atoms with Crippen molar-refractivity contribution in [2.24, 2.45) is 5.92 Å². The molecule has 0 aromatic carbocycles. The van der Waals surface area contributed by atoms with Crippen LogP contribution in [0.25, 0.3) is 0 Å². The molecule has 1 N–H and O–H groups in total. The third-order valence-corrected chi connectivity index (χ3v) is 4.76. The van der Waals surface area contributed by atoms with Crippen LogP contribution in [0.2, 0.25) is 0 Å². The van der Waals surface area contributed by atoms with E-state index in [4.69, 9.17) is 0 Å². The van der Waals surface area contributed by atoms with E-state index in [1.165, 1.54) is 4.88 Å². The third-order valence-electron chi connectivity index (χ3n) is 3.83. The Morgan fingerprint density at radius 2 is 2.14 bits per heavy atom. The van der Waals surface area contributed by atoms with E-state index >= 15 is 0 Å². The molecule has 22 heavy (non-hydrogen) atoms. The molecule has 0 saturated carbocycles. The first kappa shape index (κ1) is 19.2. The number of piperidine rings is 1. The van der Waals surface area contributed by atoms with Crippen LogP contribution in [0.3, 0.4) is 0 Å². The van der Waals surface area contributed by atoms with E-state index in [0.29, 0.717) is 5.82 Å². The molecule has 122 valence electrons. The summed E-state index contributed by atoms with van der Waals surface area (Å²) in [4.78, 5) is 18.2. The highest BCUT2D eigenvalue weighted by Crippen LogP contribution is 2.18. The summed E-state index contributed by atoms with van der Waals surface area (Å²) in [5, 5.41) is 5.38. The van der Waals surface area contributed by atoms with Crippen molar-refractivity contribution >= 4 is 41.9 Å². The topological polar surface area (TPSA) is 46.9 Å². The molecule has 4 nitrogen and oxygen atoms in total. The summed E-state index contributed by atoms with van der Waals surface area (Å²) < 4.78 is 2.00. The van der Waals surface area contributed by atoms with Crippen LogP contribution in [0.1, 0.15) is 28.3 Å². The molecule has 0 unspecified atom stereocenters. The maximum Gasteiger partial charge on any atom is 0.201 e. The molecule has 3 rings (SSSR count). The zero-order valence-electron chi connectivity index (χ0n) is 12.2. The van der Waals surface area contributed by atoms with Crippen LogP contribution in [0.15, 0.2) is 29.9 Å². The molecule has 2 aromatic rings. The van der Waals surface area contributed by atoms with E-state index in [9.17, 15) is 4.79 Å². The molecule has 1 aliphatic heterocycles. The van der Waals surface area contributed by atoms with E-state index in [2.05, 4.69) is 27.8 Å². The van der Waals surface area contributed by atoms with Gasteiger partial charge in [0.2, 0.25) is 5.78 Å². The number of imidazole rings is 1. The largest absolute Gasteiger partial charge is 0.328 e. The molecule has 1 saturated heterocycles. The van der Waals surface area contributed by atoms with Crippen LogP contribution < -0.4 is 5.32 Å². The number of ketones is 1. The second-order valence-electron chi connectivity index (χ2n) is 5.16. The van der Waals surface area contributed by atoms with Crippen LogP contribution in [0.5, 0.6) is 0 Å². The van der Waals surface area contributed by atoms with Gasteiger partial charge in [-0.3, -0.25) is 4.79 Å². The molecular weight excluding hydrogens is 341 g/mol. The van der Waals surface area contributed by atoms with Crippen LogP contribution in [0, 0.1) is 5.92 Å². The summed E-state index contributed by atoms with van der Waals surface area (Å²) in [5.74, 6) is 0.982. The Hall–Kier alpha value is -0.880. The molecule has 0 radical (unpaired) electrons. The molecule has 7 heteroatoms. The fourth-order valence-electron chi connectivity index (χ4n) is 2.67. The second-order valence-corrected chi connectivity index (χ2v) is 6.19. The molecule has 1 fully saturated rings. The maximum absolute atomic E-state index is 12.5. The normalized spacial score (nSPS) is 14.9. The number of carbonyl (C=O) groups is 1. The lowest BCUT2D eigenvalue weighted by molar-refractivity contribution is 0.0879. The highest BCUT2D eigenvalue weighted by atomic mass is 35.5. The maximum atomic E-state index is 12.5. The molecule has 0 atom stereocenters. The van der Waals surface area contributed by atoms with E-state index in [1.54, 1.807) is 17.5 Å². The Kier molecular flexibility index (Phi) is 8.10. The quantitative estimate of drug-likeness (QED) is 0.831. The van der Waals surface area contributed by atoms with Crippen molar-refractivity contribution in [2.75, 3.05) is 13.1 Å². The predicted molar refractivity (Wildman–Crippen MR) is 94.7 cm³/mol. The zero-order valence-corrected chi connectivity index (χ0v) is 14.7. The van der Waals surface area contributed by atoms with E-state index < -0.39 is 0 Å². The van der Waals surface area contributed by atoms with Crippen molar-refractivity contribution in [3.63, 3.8) is 0 Å². The van der Waals surface area contributed by atoms with Gasteiger partial charge in [0, 0.05) is 29.7 Å². The van der Waals surface area contributed by atoms with Gasteiger partial charge in [0.1, 0.15) is 0 Å². The molecule has 0 bridgehead atoms. The Labute approximate surface area is 147 Å². The SMILES string of the molecule is Cl.Cl.O=C(c1nccn1CCc1cccs1)C1CCNCC1. The predicted octanol–water partition coefficient (Wildman–Crippen LogP) is 3.21. The highest BCUT2D eigenvalue weighted by molar-refractivity contribution is 7.09. The summed E-state index contributed by atoms with van der Waals surface area (Å²) in [6.07, 6.45) is 6.47. The molecule has 0 spiro atoms. The van der Waals surface area contributed by atoms with Gasteiger partial charge in [0.25, 0.3) is 0 Å². The van der Waals surface area contributed by atoms with Gasteiger partial charge in [0.05, 0.1) is 0 Å². The number of aromatic nitrogens is 2. The zero-order chi connectivity index (χ0) is 13.8. The van der Waals surface area contributed by atoms with E-state index in [-0.39, 0.29) is 36.5 Å². The van der Waals surface area contributed by atoms with Gasteiger partial charge in [0.15, 0.2) is 5.82 Å². The Balaban J connectivity index is 0.00000121. The van der Waals surface area contributed by atoms with Crippen molar-refractivity contribution in [3.05, 3.63) is 40.6 Å². The first-order chi connectivity index (χ1) is 9.84. The van der Waals surface area contributed by atoms with Crippen LogP contribution in [-0.4, -0.2) is 28.4 Å². The smallest absolute Gasteiger partial charge is 0.201 e. The Morgan fingerprint density at radius 3 is 2.82 bits per heavy atom. The van der Waals surface area contributed by atoms with Crippen molar-refractivity contribution in [1.82, 2.24) is 14.9 Å². The minimum absolute atomic E-state index is 0. The number of Topliss-reactive ketones (excluding diaryl/α,β-unsaturated/α-hetero) is 1. The van der Waals surface area contributed by atoms with Gasteiger partial charge in [-0.05, 0) is 43.8 Å². The molecule has 1 aliphatic rings. The Morgan fingerprint density at radius 1 is 1.36 bits per heavy atom. The molecule has 2 aromatic heterocycles. The van der Waals surface area contributed by atoms with Crippen molar-refractivity contribution < 1.29 is 4.79 Å². The van der Waals surface area contributed by atoms with E-state index in [1.807, 2.05) is 10.8 Å². The number of nitrogens with one attached hydrogen (secondary N) is 1. The lowest BCUT2D eigenvalue weighted by atomic mass is 9.93. The number of rotatable bonds is 5. The number of aryl methyl sites for hydroxylation is 2. The summed E-state index contributed by atoms with van der Waals surface area (Å²) in [5.41, 5.74) is 0. The van der Waals surface area contributed by atoms with Crippen molar-refractivity contribution in [1.29, 1.82) is 0 Å². The van der Waals surface area contributed by atoms with Gasteiger partial charge in [-0.15, -0.1) is 36.2 Å². The molecule has 0 amide bonds. The van der Waals surface area contributed by atoms with Gasteiger partial charge >= 0.3 is 0 Å². The number of halogens is 2. The average molecular weight is 362 g/mol. The van der Waals surface area contributed by atoms with Gasteiger partial charge in [-0.2, -0.15) is 0 Å². The first-order valence-corrected chi connectivity index (χ1v) is 8.01. The minimum Gasteiger partial charge on any atom is -0.328 e. The minimum atomic E-state index is 0. The first-order valence-electron chi connectivity index (χ1n) is 7.13. The lowest BCUT2D eigenvalue weighted by Crippen LogP contribution is -2.33. The summed E-state index contributed by atoms with van der Waals surface area (Å²) in [6.45, 7) is 2.70. The molecular formula is C15H21Cl2N3OS. The number of hydrogen-bond acceptors (Lipinski definition) is 4. The van der Waals surface area contributed by atoms with Crippen LogP contribution in [0.4, 0.5) is 0 Å². The lowest BCUT2D eigenvalue weighted by Gasteiger charge is -2.21. The number of carbonyl (C=O) groups excluding carboxylic acids is 1. The van der Waals surface area contributed by atoms with E-state index in [0.717, 1.165) is 38.9 Å². The average Bonchev–Trinajstić information content (AvgIpc) is 3.16. The molecule has 0 aliphatic carbocycles. The summed E-state index contributed by atoms with van der Waals surface area (Å²) in [7, 11) is 0. The van der Waals surface area contributed by atoms with Gasteiger partial charge in [-0.1, -0.05) is 6.07 Å². The fourth-order valence-corrected chi connectivity index (χ4v) is 3.37. The van der Waals surface area contributed by atoms with Gasteiger partial charge < -0.3 is 9.88 Å². The standard InChI is InChI=1S/C15H19N3OS.2ClH/c19-14(12-3-6-16-7-4-12)15-17-8-10-18(15)9-5-13-2-1-11-20-13;;/h1-2,8,10-12,16H,3-7,9H2;2*1H. The van der Waals surface area contributed by atoms with Crippen molar-refractivity contribution in [3.8, 4) is 0 Å². The number of thiophene rings is 1. The highest BCUT2D eigenvalue weighted by Gasteiger charge is 2.25. The van der Waals surface area contributed by atoms with Gasteiger partial charge in [-0.25, -0.2) is 4.98 Å². The monoisotopic (exact) mass is 361 g/mol. The third kappa shape index (κ3) is 4.56. The molecule has 3 heterocycles. The number of nitrogens with zero attached hydrogens (tertiary/aromatic N) is 2. The Bertz CT molecular complexity index is 565. The number of hydrogen-bond donors (Lipinski definition) is 1. The fraction of sp³-hybridized carbons (Fsp3) is 0.467. The second kappa shape index (κ2) is 9.30. The summed E-state index contributed by atoms with van der Waals surface area (Å²) in [6, 6.07) is 4.20.